The van der Waals surface area contributed by atoms with E-state index in [0.717, 1.165) is 78.9 Å². The number of carbonyl (C=O) groups excluding carboxylic acids is 5. The highest BCUT2D eigenvalue weighted by atomic mass is 16.6. The van der Waals surface area contributed by atoms with Crippen molar-refractivity contribution in [3.05, 3.63) is 201 Å². The molecule has 5 aliphatic rings. The molecule has 526 valence electrons. The number of aromatic hydroxyl groups is 5. The number of aldehydes is 1. The number of methoxy groups -OCH3 is 1. The normalized spacial score (nSPS) is 15.8. The first-order valence-electron chi connectivity index (χ1n) is 30.3. The van der Waals surface area contributed by atoms with Crippen molar-refractivity contribution in [3.63, 3.8) is 0 Å². The van der Waals surface area contributed by atoms with Crippen LogP contribution in [-0.4, -0.2) is 162 Å². The van der Waals surface area contributed by atoms with E-state index in [1.54, 1.807) is 0 Å². The number of aromatic amines is 1. The summed E-state index contributed by atoms with van der Waals surface area (Å²) in [6, 6.07) is 14.2. The largest absolute Gasteiger partial charge is 0.508 e. The zero-order chi connectivity index (χ0) is 74.8. The van der Waals surface area contributed by atoms with Gasteiger partial charge >= 0.3 is 29.8 Å². The highest BCUT2D eigenvalue weighted by molar-refractivity contribution is 6.54. The average Bonchev–Trinajstić information content (AvgIpc) is 1.39. The molecule has 104 heavy (non-hydrogen) atoms. The van der Waals surface area contributed by atoms with Crippen molar-refractivity contribution in [2.45, 2.75) is 50.3 Å². The lowest BCUT2D eigenvalue weighted by molar-refractivity contribution is -0.173. The number of rotatable bonds is 19. The third kappa shape index (κ3) is 11.2. The number of aromatic carboxylic acids is 4. The zero-order valence-electron chi connectivity index (χ0n) is 53.0. The van der Waals surface area contributed by atoms with E-state index in [1.807, 2.05) is 0 Å². The maximum absolute atomic E-state index is 14.3. The molecule has 14 N–H and O–H groups in total. The Balaban J connectivity index is 0.838. The highest BCUT2D eigenvalue weighted by Gasteiger charge is 2.46. The molecular weight excluding hydrogens is 1370 g/mol. The zero-order valence-corrected chi connectivity index (χ0v) is 53.0. The van der Waals surface area contributed by atoms with Crippen molar-refractivity contribution in [3.8, 4) is 85.5 Å². The minimum atomic E-state index is -2.77. The predicted octanol–water partition coefficient (Wildman–Crippen LogP) is 6.40. The first-order valence-corrected chi connectivity index (χ1v) is 30.3. The fourth-order valence-electron chi connectivity index (χ4n) is 12.9. The number of aryl methyl sites for hydroxylation is 1. The van der Waals surface area contributed by atoms with E-state index in [9.17, 15) is 119 Å². The number of carboxylic acids is 4. The molecule has 7 aromatic carbocycles. The Hall–Kier alpha value is -14.0. The van der Waals surface area contributed by atoms with Gasteiger partial charge in [-0.25, -0.2) is 24.0 Å². The van der Waals surface area contributed by atoms with Gasteiger partial charge in [0.2, 0.25) is 27.8 Å². The molecule has 0 spiro atoms. The molecule has 0 fully saturated rings. The minimum Gasteiger partial charge on any atom is -0.508 e. The number of phenolic OH excluding ortho intramolecular Hbond substituents is 5. The van der Waals surface area contributed by atoms with Gasteiger partial charge in [-0.2, -0.15) is 0 Å². The molecule has 32 heteroatoms. The van der Waals surface area contributed by atoms with Gasteiger partial charge in [-0.05, 0) is 96.8 Å². The van der Waals surface area contributed by atoms with Gasteiger partial charge in [-0.1, -0.05) is 18.2 Å². The predicted molar refractivity (Wildman–Crippen MR) is 349 cm³/mol. The number of ketones is 3. The van der Waals surface area contributed by atoms with Crippen LogP contribution < -0.4 is 29.8 Å². The number of Topliss-reactive ketones (excluding diaryl/α,β-unsaturated/α-hetero) is 2. The van der Waals surface area contributed by atoms with Crippen molar-refractivity contribution in [1.82, 2.24) is 4.98 Å². The number of benzene rings is 7. The van der Waals surface area contributed by atoms with Gasteiger partial charge < -0.3 is 109 Å². The third-order valence-corrected chi connectivity index (χ3v) is 17.7. The van der Waals surface area contributed by atoms with Crippen LogP contribution in [0.25, 0.3) is 55.3 Å². The van der Waals surface area contributed by atoms with Crippen molar-refractivity contribution in [1.29, 1.82) is 0 Å². The lowest BCUT2D eigenvalue weighted by Crippen LogP contribution is -2.49. The number of phenols is 5. The fourth-order valence-corrected chi connectivity index (χ4v) is 12.9. The summed E-state index contributed by atoms with van der Waals surface area (Å²) < 4.78 is 41.0. The number of nitrogens with one attached hydrogen (secondary N) is 1. The van der Waals surface area contributed by atoms with E-state index in [-0.39, 0.29) is 112 Å². The SMILES string of the molecule is COc1cc2c(cc1OC1=CC(=O)C3=CC(c4ccc(Oc5cc(=O)c6oc7cc(Oc8cc(C(=O)O)c(C(=O)O)c(-c9ccc(O)c(O)c9)c8C)c(O)cc7[nH]c=6c5=O)cc4C(=O)O)C(OC(=O)C(O)C(O)C(O)C(O)C=O)C3=C1)C(=O)C(=O)c1c-2c(C)c2c(oc3c(C(=O)O)cc(O)cc32)c1O. The van der Waals surface area contributed by atoms with Crippen molar-refractivity contribution < 1.29 is 142 Å². The van der Waals surface area contributed by atoms with Crippen LogP contribution in [0.1, 0.15) is 84.8 Å². The number of fused-ring (bicyclic) bond motifs is 8. The van der Waals surface area contributed by atoms with Gasteiger partial charge in [0.25, 0.3) is 0 Å². The summed E-state index contributed by atoms with van der Waals surface area (Å²) in [4.78, 5) is 149. The summed E-state index contributed by atoms with van der Waals surface area (Å²) in [5.41, 5.74) is -8.56. The van der Waals surface area contributed by atoms with Crippen LogP contribution in [0.5, 0.6) is 63.2 Å². The molecule has 0 radical (unpaired) electrons. The van der Waals surface area contributed by atoms with Gasteiger partial charge in [0.05, 0.1) is 34.9 Å². The molecule has 1 aromatic heterocycles. The molecule has 0 saturated heterocycles. The number of hydrogen-bond donors (Lipinski definition) is 14. The Morgan fingerprint density at radius 1 is 0.606 bits per heavy atom. The Kier molecular flexibility index (Phi) is 16.7. The molecule has 8 aromatic rings. The van der Waals surface area contributed by atoms with Gasteiger partial charge in [0.15, 0.2) is 75.3 Å². The van der Waals surface area contributed by atoms with Crippen LogP contribution in [0.2, 0.25) is 0 Å². The molecule has 6 atom stereocenters. The summed E-state index contributed by atoms with van der Waals surface area (Å²) in [7, 11) is 1.17. The molecule has 4 aliphatic carbocycles. The molecular formula is C72H47NO31. The van der Waals surface area contributed by atoms with Crippen LogP contribution in [-0.2, 0) is 19.1 Å². The number of aliphatic hydroxyl groups is 4. The second kappa shape index (κ2) is 25.3. The van der Waals surface area contributed by atoms with E-state index in [0.29, 0.717) is 6.07 Å². The van der Waals surface area contributed by atoms with Crippen molar-refractivity contribution >= 4 is 86.5 Å². The number of aliphatic hydroxyl groups excluding tert-OH is 4. The van der Waals surface area contributed by atoms with E-state index in [4.69, 9.17) is 32.5 Å². The lowest BCUT2D eigenvalue weighted by atomic mass is 9.79. The number of H-pyrrole nitrogens is 1. The monoisotopic (exact) mass is 1420 g/mol. The topological polar surface area (TPSA) is 539 Å². The van der Waals surface area contributed by atoms with E-state index in [1.165, 1.54) is 39.2 Å². The summed E-state index contributed by atoms with van der Waals surface area (Å²) in [5.74, 6) is -19.6. The Bertz CT molecular complexity index is 5920. The number of esters is 1. The summed E-state index contributed by atoms with van der Waals surface area (Å²) >= 11 is 0. The second-order valence-corrected chi connectivity index (χ2v) is 23.9. The lowest BCUT2D eigenvalue weighted by Gasteiger charge is -2.28. The van der Waals surface area contributed by atoms with Crippen LogP contribution in [0.15, 0.2) is 138 Å². The first kappa shape index (κ1) is 68.6. The van der Waals surface area contributed by atoms with Crippen molar-refractivity contribution in [2.24, 2.45) is 0 Å². The Morgan fingerprint density at radius 2 is 1.32 bits per heavy atom. The highest BCUT2D eigenvalue weighted by Crippen LogP contribution is 2.52. The van der Waals surface area contributed by atoms with Gasteiger partial charge in [-0.3, -0.25) is 24.0 Å². The number of aromatic nitrogens is 1. The van der Waals surface area contributed by atoms with Crippen LogP contribution in [0.3, 0.4) is 0 Å². The van der Waals surface area contributed by atoms with Gasteiger partial charge in [0.1, 0.15) is 63.9 Å². The number of carbonyl (C=O) groups is 9. The smallest absolute Gasteiger partial charge is 0.339 e. The van der Waals surface area contributed by atoms with Gasteiger partial charge in [-0.15, -0.1) is 0 Å². The Labute approximate surface area is 575 Å². The second-order valence-electron chi connectivity index (χ2n) is 23.9. The molecule has 13 rings (SSSR count). The summed E-state index contributed by atoms with van der Waals surface area (Å²) in [6.07, 6.45) is -9.21. The number of ether oxygens (including phenoxy) is 5. The molecule has 32 nitrogen and oxygen atoms in total. The van der Waals surface area contributed by atoms with Crippen LogP contribution in [0, 0.1) is 24.6 Å². The Morgan fingerprint density at radius 3 is 1.99 bits per heavy atom. The van der Waals surface area contributed by atoms with Gasteiger partial charge in [0, 0.05) is 74.4 Å². The van der Waals surface area contributed by atoms with E-state index < -0.39 is 185 Å². The molecule has 0 bridgehead atoms. The molecule has 6 unspecified atom stereocenters. The van der Waals surface area contributed by atoms with Crippen LogP contribution in [0.4, 0.5) is 0 Å². The molecule has 2 heterocycles. The number of hydrogen-bond acceptors (Lipinski definition) is 27. The molecule has 0 amide bonds. The quantitative estimate of drug-likeness (QED) is 0.0180. The third-order valence-electron chi connectivity index (χ3n) is 17.7. The minimum absolute atomic E-state index is 0.0183. The number of furan rings is 1. The van der Waals surface area contributed by atoms with E-state index in [2.05, 4.69) is 4.98 Å². The summed E-state index contributed by atoms with van der Waals surface area (Å²) in [6.45, 7) is 2.82. The summed E-state index contributed by atoms with van der Waals surface area (Å²) in [5, 5.41) is 136. The van der Waals surface area contributed by atoms with Crippen molar-refractivity contribution in [2.75, 3.05) is 7.11 Å². The fraction of sp³-hybridized carbons (Fsp3) is 0.125. The van der Waals surface area contributed by atoms with Crippen LogP contribution >= 0.6 is 0 Å². The molecule has 0 saturated carbocycles. The number of carboxylic acid groups (broad SMARTS) is 4. The maximum Gasteiger partial charge on any atom is 0.339 e. The van der Waals surface area contributed by atoms with E-state index >= 15 is 0 Å². The first-order chi connectivity index (χ1) is 49.3. The number of allylic oxidation sites excluding steroid dienone is 2. The standard InChI is InChI=1S/C72H47NO31/c1-22-45(17-36(69(91)92)54(71(95)96)51(22)24-4-7-39(76)41(78)8-24)101-47-20-46-38(18-42(47)79)73-56-59(84)50(19-43(80)66(56)102-46)99-26-5-6-28(34(11-26)68(89)90)33-14-29-32(64(33)104-72(97)63(88)62(87)58(83)44(81)21-74)12-27(13-40(29)77)100-49-16-31-30(15-48(49)98-3)52-23(2)53-35-9-25(75)10-37(70(93)94)65(35)103-67(53)61(86)55(52)60(85)57(31)82/h4-21,33,44,58,62-64,73,75-76,78-79,81,83,86-88H,1-3H3,(H,89,90)(H,91,92)(H,93,94)(H,95,96). The average molecular weight is 1420 g/mol. The molecule has 1 aliphatic heterocycles. The maximum atomic E-state index is 14.3.